The third-order valence-electron chi connectivity index (χ3n) is 2.58. The average Bonchev–Trinajstić information content (AvgIpc) is 3.10. The van der Waals surface area contributed by atoms with Crippen molar-refractivity contribution in [3.05, 3.63) is 46.1 Å². The van der Waals surface area contributed by atoms with Gasteiger partial charge in [-0.3, -0.25) is 4.21 Å². The molecule has 0 aromatic carbocycles. The minimum absolute atomic E-state index is 0.406. The molecule has 0 bridgehead atoms. The van der Waals surface area contributed by atoms with Crippen LogP contribution in [0.1, 0.15) is 17.1 Å². The molecule has 3 heterocycles. The highest BCUT2D eigenvalue weighted by Gasteiger charge is 2.11. The molecular formula is C13H12N2O2S3. The largest absolute Gasteiger partial charge is 0.361 e. The Hall–Kier alpha value is -1.31. The summed E-state index contributed by atoms with van der Waals surface area (Å²) in [7, 11) is -1.02. The normalized spacial score (nSPS) is 12.7. The molecule has 0 fully saturated rings. The number of nitrogens with zero attached hydrogens (tertiary/aromatic N) is 2. The number of hydrogen-bond acceptors (Lipinski definition) is 6. The van der Waals surface area contributed by atoms with Gasteiger partial charge in [0.15, 0.2) is 0 Å². The Labute approximate surface area is 126 Å². The summed E-state index contributed by atoms with van der Waals surface area (Å²) in [5.41, 5.74) is 1.60. The summed E-state index contributed by atoms with van der Waals surface area (Å²) in [6, 6.07) is 5.87. The quantitative estimate of drug-likeness (QED) is 0.719. The minimum Gasteiger partial charge on any atom is -0.361 e. The van der Waals surface area contributed by atoms with E-state index in [1.54, 1.807) is 22.7 Å². The molecule has 0 saturated heterocycles. The van der Waals surface area contributed by atoms with E-state index < -0.39 is 10.8 Å². The zero-order chi connectivity index (χ0) is 13.9. The van der Waals surface area contributed by atoms with Crippen molar-refractivity contribution in [2.45, 2.75) is 18.4 Å². The second-order valence-electron chi connectivity index (χ2n) is 4.28. The van der Waals surface area contributed by atoms with Crippen LogP contribution in [0, 0.1) is 6.92 Å². The Kier molecular flexibility index (Phi) is 4.09. The zero-order valence-corrected chi connectivity index (χ0v) is 13.2. The molecular weight excluding hydrogens is 312 g/mol. The third kappa shape index (κ3) is 3.23. The van der Waals surface area contributed by atoms with Gasteiger partial charge in [0.2, 0.25) is 0 Å². The lowest BCUT2D eigenvalue weighted by Gasteiger charge is -1.96. The van der Waals surface area contributed by atoms with Crippen LogP contribution in [-0.4, -0.2) is 14.3 Å². The maximum Gasteiger partial charge on any atom is 0.133 e. The van der Waals surface area contributed by atoms with Crippen LogP contribution in [0.2, 0.25) is 0 Å². The van der Waals surface area contributed by atoms with Gasteiger partial charge in [-0.1, -0.05) is 11.2 Å². The summed E-state index contributed by atoms with van der Waals surface area (Å²) < 4.78 is 17.1. The number of thiophene rings is 1. The van der Waals surface area contributed by atoms with Crippen molar-refractivity contribution < 1.29 is 8.73 Å². The zero-order valence-electron chi connectivity index (χ0n) is 10.7. The molecule has 4 nitrogen and oxygen atoms in total. The number of rotatable bonds is 5. The van der Waals surface area contributed by atoms with Gasteiger partial charge in [0.05, 0.1) is 27.8 Å². The molecule has 7 heteroatoms. The molecule has 0 radical (unpaired) electrons. The van der Waals surface area contributed by atoms with Crippen LogP contribution in [0.3, 0.4) is 0 Å². The maximum absolute atomic E-state index is 12.1. The van der Waals surface area contributed by atoms with E-state index in [4.69, 9.17) is 4.52 Å². The Bertz CT molecular complexity index is 716. The van der Waals surface area contributed by atoms with E-state index in [1.165, 1.54) is 0 Å². The minimum atomic E-state index is -1.02. The predicted molar refractivity (Wildman–Crippen MR) is 82.2 cm³/mol. The first-order valence-electron chi connectivity index (χ1n) is 5.96. The van der Waals surface area contributed by atoms with E-state index in [9.17, 15) is 4.21 Å². The van der Waals surface area contributed by atoms with Crippen LogP contribution < -0.4 is 0 Å². The molecule has 0 amide bonds. The van der Waals surface area contributed by atoms with Crippen LogP contribution in [0.4, 0.5) is 0 Å². The van der Waals surface area contributed by atoms with E-state index in [0.29, 0.717) is 11.5 Å². The molecule has 0 aliphatic carbocycles. The van der Waals surface area contributed by atoms with Crippen molar-refractivity contribution in [1.29, 1.82) is 0 Å². The van der Waals surface area contributed by atoms with Gasteiger partial charge in [-0.25, -0.2) is 4.98 Å². The fourth-order valence-corrected chi connectivity index (χ4v) is 4.54. The first-order valence-corrected chi connectivity index (χ1v) is 9.21. The summed E-state index contributed by atoms with van der Waals surface area (Å²) in [4.78, 5) is 5.68. The fraction of sp³-hybridized carbons (Fsp3) is 0.231. The monoisotopic (exact) mass is 324 g/mol. The topological polar surface area (TPSA) is 56.0 Å². The molecule has 0 aliphatic rings. The average molecular weight is 324 g/mol. The van der Waals surface area contributed by atoms with E-state index >= 15 is 0 Å². The van der Waals surface area contributed by atoms with Gasteiger partial charge in [0.25, 0.3) is 0 Å². The summed E-state index contributed by atoms with van der Waals surface area (Å²) in [5, 5.41) is 8.85. The summed E-state index contributed by atoms with van der Waals surface area (Å²) in [5.74, 6) is 1.60. The number of aryl methyl sites for hydroxylation is 1. The smallest absolute Gasteiger partial charge is 0.133 e. The Morgan fingerprint density at radius 3 is 2.85 bits per heavy atom. The number of thiazole rings is 1. The van der Waals surface area contributed by atoms with E-state index in [1.807, 2.05) is 35.9 Å². The summed E-state index contributed by atoms with van der Waals surface area (Å²) >= 11 is 3.25. The molecule has 1 unspecified atom stereocenters. The van der Waals surface area contributed by atoms with Crippen molar-refractivity contribution in [3.63, 3.8) is 0 Å². The molecule has 0 N–H and O–H groups in total. The van der Waals surface area contributed by atoms with Gasteiger partial charge in [0, 0.05) is 22.2 Å². The first-order chi connectivity index (χ1) is 9.70. The number of hydrogen-bond donors (Lipinski definition) is 0. The molecule has 3 aromatic rings. The Balaban J connectivity index is 1.64. The fourth-order valence-electron chi connectivity index (χ4n) is 1.75. The van der Waals surface area contributed by atoms with Crippen LogP contribution >= 0.6 is 22.7 Å². The van der Waals surface area contributed by atoms with Crippen LogP contribution in [0.25, 0.3) is 9.88 Å². The summed E-state index contributed by atoms with van der Waals surface area (Å²) in [6.45, 7) is 1.83. The second-order valence-corrected chi connectivity index (χ2v) is 7.54. The van der Waals surface area contributed by atoms with E-state index in [0.717, 1.165) is 27.0 Å². The molecule has 20 heavy (non-hydrogen) atoms. The van der Waals surface area contributed by atoms with Crippen molar-refractivity contribution in [2.24, 2.45) is 0 Å². The molecule has 0 spiro atoms. The van der Waals surface area contributed by atoms with Gasteiger partial charge in [-0.05, 0) is 18.4 Å². The highest BCUT2D eigenvalue weighted by molar-refractivity contribution is 7.83. The standard InChI is InChI=1S/C13H12N2O2S3/c1-9-5-10(15-17-9)7-20(16)8-11-6-19-13(14-11)12-3-2-4-18-12/h2-6H,7-8H2,1H3. The van der Waals surface area contributed by atoms with Crippen LogP contribution in [0.15, 0.2) is 33.5 Å². The molecule has 0 saturated carbocycles. The Morgan fingerprint density at radius 2 is 2.15 bits per heavy atom. The molecule has 0 aliphatic heterocycles. The molecule has 3 aromatic heterocycles. The number of aromatic nitrogens is 2. The van der Waals surface area contributed by atoms with Crippen molar-refractivity contribution in [2.75, 3.05) is 0 Å². The van der Waals surface area contributed by atoms with Crippen molar-refractivity contribution >= 4 is 33.5 Å². The van der Waals surface area contributed by atoms with E-state index in [-0.39, 0.29) is 0 Å². The molecule has 3 rings (SSSR count). The van der Waals surface area contributed by atoms with E-state index in [2.05, 4.69) is 10.1 Å². The Morgan fingerprint density at radius 1 is 1.30 bits per heavy atom. The lowest BCUT2D eigenvalue weighted by Crippen LogP contribution is -2.00. The van der Waals surface area contributed by atoms with Crippen LogP contribution in [0.5, 0.6) is 0 Å². The van der Waals surface area contributed by atoms with Crippen molar-refractivity contribution in [1.82, 2.24) is 10.1 Å². The molecule has 1 atom stereocenters. The lowest BCUT2D eigenvalue weighted by molar-refractivity contribution is 0.392. The van der Waals surface area contributed by atoms with Gasteiger partial charge in [0.1, 0.15) is 10.8 Å². The second kappa shape index (κ2) is 5.99. The van der Waals surface area contributed by atoms with Crippen molar-refractivity contribution in [3.8, 4) is 9.88 Å². The lowest BCUT2D eigenvalue weighted by atomic mass is 10.4. The highest BCUT2D eigenvalue weighted by Crippen LogP contribution is 2.28. The molecule has 104 valence electrons. The summed E-state index contributed by atoms with van der Waals surface area (Å²) in [6.07, 6.45) is 0. The third-order valence-corrected chi connectivity index (χ3v) is 5.74. The first kappa shape index (κ1) is 13.7. The highest BCUT2D eigenvalue weighted by atomic mass is 32.2. The van der Waals surface area contributed by atoms with Gasteiger partial charge in [-0.15, -0.1) is 22.7 Å². The predicted octanol–water partition coefficient (Wildman–Crippen LogP) is 3.62. The maximum atomic E-state index is 12.1. The van der Waals surface area contributed by atoms with Gasteiger partial charge in [-0.2, -0.15) is 0 Å². The SMILES string of the molecule is Cc1cc(CS(=O)Cc2csc(-c3cccs3)n2)no1. The van der Waals surface area contributed by atoms with Gasteiger partial charge < -0.3 is 4.52 Å². The van der Waals surface area contributed by atoms with Crippen LogP contribution in [-0.2, 0) is 22.3 Å². The van der Waals surface area contributed by atoms with Gasteiger partial charge >= 0.3 is 0 Å².